The zero-order chi connectivity index (χ0) is 22.1. The topological polar surface area (TPSA) is 61.4 Å². The number of fused-ring (bicyclic) bond motifs is 1. The van der Waals surface area contributed by atoms with Crippen molar-refractivity contribution in [3.05, 3.63) is 99.4 Å². The van der Waals surface area contributed by atoms with Gasteiger partial charge in [0.2, 0.25) is 5.65 Å². The zero-order valence-electron chi connectivity index (χ0n) is 17.4. The lowest BCUT2D eigenvalue weighted by molar-refractivity contribution is 0.0834. The Hall–Kier alpha value is -3.39. The lowest BCUT2D eigenvalue weighted by atomic mass is 9.99. The third-order valence-corrected chi connectivity index (χ3v) is 5.87. The van der Waals surface area contributed by atoms with Gasteiger partial charge >= 0.3 is 0 Å². The van der Waals surface area contributed by atoms with Crippen LogP contribution in [0.1, 0.15) is 41.4 Å². The molecule has 2 aromatic carbocycles. The minimum Gasteiger partial charge on any atom is -0.381 e. The molecule has 6 nitrogen and oxygen atoms in total. The van der Waals surface area contributed by atoms with Crippen molar-refractivity contribution in [1.29, 1.82) is 0 Å². The van der Waals surface area contributed by atoms with Crippen LogP contribution in [0.3, 0.4) is 0 Å². The summed E-state index contributed by atoms with van der Waals surface area (Å²) in [7, 11) is 0. The first-order valence-corrected chi connectivity index (χ1v) is 10.6. The van der Waals surface area contributed by atoms with Crippen LogP contribution in [-0.2, 0) is 17.7 Å². The predicted octanol–water partition coefficient (Wildman–Crippen LogP) is 3.70. The van der Waals surface area contributed by atoms with Gasteiger partial charge in [-0.3, -0.25) is 9.20 Å². The summed E-state index contributed by atoms with van der Waals surface area (Å²) in [6.45, 7) is 1.47. The van der Waals surface area contributed by atoms with Crippen molar-refractivity contribution < 1.29 is 13.5 Å². The minimum absolute atomic E-state index is 0.152. The summed E-state index contributed by atoms with van der Waals surface area (Å²) in [5.41, 5.74) is 1.98. The lowest BCUT2D eigenvalue weighted by Gasteiger charge is -2.21. The Morgan fingerprint density at radius 1 is 0.969 bits per heavy atom. The second-order valence-electron chi connectivity index (χ2n) is 8.09. The maximum Gasteiger partial charge on any atom is 0.296 e. The van der Waals surface area contributed by atoms with E-state index in [0.29, 0.717) is 30.9 Å². The molecule has 0 unspecified atom stereocenters. The SMILES string of the molecule is O=c1c2nnc(C3CCOCC3)n2cc(Cc2cccc(F)c2)n1Cc1cccc(F)c1. The maximum absolute atomic E-state index is 13.8. The van der Waals surface area contributed by atoms with Gasteiger partial charge in [0, 0.05) is 37.4 Å². The van der Waals surface area contributed by atoms with Crippen molar-refractivity contribution in [2.24, 2.45) is 0 Å². The summed E-state index contributed by atoms with van der Waals surface area (Å²) in [5, 5.41) is 8.51. The van der Waals surface area contributed by atoms with Crippen molar-refractivity contribution in [1.82, 2.24) is 19.2 Å². The quantitative estimate of drug-likeness (QED) is 0.479. The fourth-order valence-electron chi connectivity index (χ4n) is 4.27. The summed E-state index contributed by atoms with van der Waals surface area (Å²) in [6.07, 6.45) is 3.81. The van der Waals surface area contributed by atoms with Crippen molar-refractivity contribution in [2.45, 2.75) is 31.7 Å². The van der Waals surface area contributed by atoms with E-state index in [0.717, 1.165) is 24.2 Å². The van der Waals surface area contributed by atoms with Crippen LogP contribution in [0.4, 0.5) is 8.78 Å². The van der Waals surface area contributed by atoms with Gasteiger partial charge in [-0.2, -0.15) is 0 Å². The largest absolute Gasteiger partial charge is 0.381 e. The smallest absolute Gasteiger partial charge is 0.296 e. The molecule has 4 aromatic rings. The van der Waals surface area contributed by atoms with Gasteiger partial charge < -0.3 is 9.30 Å². The van der Waals surface area contributed by atoms with E-state index in [1.807, 2.05) is 12.3 Å². The van der Waals surface area contributed by atoms with E-state index in [-0.39, 0.29) is 35.3 Å². The van der Waals surface area contributed by atoms with Gasteiger partial charge in [-0.15, -0.1) is 10.2 Å². The highest BCUT2D eigenvalue weighted by Crippen LogP contribution is 2.26. The average molecular weight is 436 g/mol. The van der Waals surface area contributed by atoms with Gasteiger partial charge in [0.15, 0.2) is 0 Å². The van der Waals surface area contributed by atoms with E-state index in [4.69, 9.17) is 4.74 Å². The fraction of sp³-hybridized carbons (Fsp3) is 0.292. The molecule has 0 bridgehead atoms. The van der Waals surface area contributed by atoms with Gasteiger partial charge in [0.25, 0.3) is 5.56 Å². The van der Waals surface area contributed by atoms with E-state index in [9.17, 15) is 13.6 Å². The molecule has 32 heavy (non-hydrogen) atoms. The van der Waals surface area contributed by atoms with Crippen molar-refractivity contribution >= 4 is 5.65 Å². The Morgan fingerprint density at radius 3 is 2.38 bits per heavy atom. The number of hydrogen-bond acceptors (Lipinski definition) is 4. The second-order valence-corrected chi connectivity index (χ2v) is 8.09. The first-order chi connectivity index (χ1) is 15.6. The van der Waals surface area contributed by atoms with Crippen molar-refractivity contribution in [3.63, 3.8) is 0 Å². The molecular formula is C24H22F2N4O2. The molecule has 1 saturated heterocycles. The molecule has 1 aliphatic rings. The van der Waals surface area contributed by atoms with E-state index in [2.05, 4.69) is 10.2 Å². The molecule has 0 radical (unpaired) electrons. The average Bonchev–Trinajstić information content (AvgIpc) is 3.21. The molecular weight excluding hydrogens is 414 g/mol. The molecule has 0 saturated carbocycles. The van der Waals surface area contributed by atoms with Crippen LogP contribution in [0.2, 0.25) is 0 Å². The van der Waals surface area contributed by atoms with Gasteiger partial charge in [-0.05, 0) is 48.2 Å². The number of aromatic nitrogens is 4. The molecule has 164 valence electrons. The highest BCUT2D eigenvalue weighted by Gasteiger charge is 2.23. The summed E-state index contributed by atoms with van der Waals surface area (Å²) in [4.78, 5) is 13.4. The van der Waals surface area contributed by atoms with Gasteiger partial charge in [-0.25, -0.2) is 8.78 Å². The first-order valence-electron chi connectivity index (χ1n) is 10.6. The van der Waals surface area contributed by atoms with Crippen LogP contribution in [0.25, 0.3) is 5.65 Å². The number of halogens is 2. The number of benzene rings is 2. The third kappa shape index (κ3) is 4.05. The van der Waals surface area contributed by atoms with E-state index >= 15 is 0 Å². The van der Waals surface area contributed by atoms with E-state index < -0.39 is 0 Å². The fourth-order valence-corrected chi connectivity index (χ4v) is 4.27. The molecule has 2 aromatic heterocycles. The van der Waals surface area contributed by atoms with E-state index in [1.54, 1.807) is 27.2 Å². The highest BCUT2D eigenvalue weighted by atomic mass is 19.1. The zero-order valence-corrected chi connectivity index (χ0v) is 17.4. The van der Waals surface area contributed by atoms with Gasteiger partial charge in [0.1, 0.15) is 17.5 Å². The van der Waals surface area contributed by atoms with Crippen molar-refractivity contribution in [3.8, 4) is 0 Å². The summed E-state index contributed by atoms with van der Waals surface area (Å²) in [5.74, 6) is 0.181. The summed E-state index contributed by atoms with van der Waals surface area (Å²) in [6, 6.07) is 12.4. The Kier molecular flexibility index (Phi) is 5.53. The molecule has 0 amide bonds. The minimum atomic E-state index is -0.368. The normalized spacial score (nSPS) is 14.8. The highest BCUT2D eigenvalue weighted by molar-refractivity contribution is 5.38. The van der Waals surface area contributed by atoms with Crippen LogP contribution >= 0.6 is 0 Å². The molecule has 0 spiro atoms. The summed E-state index contributed by atoms with van der Waals surface area (Å²) >= 11 is 0. The molecule has 5 rings (SSSR count). The molecule has 1 aliphatic heterocycles. The molecule has 0 atom stereocenters. The Morgan fingerprint density at radius 2 is 1.66 bits per heavy atom. The maximum atomic E-state index is 13.8. The Labute approximate surface area is 183 Å². The monoisotopic (exact) mass is 436 g/mol. The molecule has 8 heteroatoms. The van der Waals surface area contributed by atoms with E-state index in [1.165, 1.54) is 24.3 Å². The van der Waals surface area contributed by atoms with Crippen LogP contribution in [0.5, 0.6) is 0 Å². The molecule has 1 fully saturated rings. The van der Waals surface area contributed by atoms with Gasteiger partial charge in [0.05, 0.1) is 6.54 Å². The number of nitrogens with zero attached hydrogens (tertiary/aromatic N) is 4. The Bertz CT molecular complexity index is 1330. The molecule has 0 N–H and O–H groups in total. The molecule has 3 heterocycles. The number of hydrogen-bond donors (Lipinski definition) is 0. The summed E-state index contributed by atoms with van der Waals surface area (Å²) < 4.78 is 36.3. The Balaban J connectivity index is 1.64. The second kappa shape index (κ2) is 8.63. The number of ether oxygens (including phenoxy) is 1. The third-order valence-electron chi connectivity index (χ3n) is 5.87. The van der Waals surface area contributed by atoms with Gasteiger partial charge in [-0.1, -0.05) is 24.3 Å². The standard InChI is InChI=1S/C24H22F2N4O2/c25-19-5-1-3-16(11-19)13-21-15-30-22(18-7-9-32-10-8-18)27-28-23(30)24(31)29(21)14-17-4-2-6-20(26)12-17/h1-6,11-12,15,18H,7-10,13-14H2. The van der Waals surface area contributed by atoms with Crippen LogP contribution in [0.15, 0.2) is 59.5 Å². The first kappa shape index (κ1) is 20.5. The van der Waals surface area contributed by atoms with Crippen LogP contribution in [-0.4, -0.2) is 32.4 Å². The van der Waals surface area contributed by atoms with Crippen molar-refractivity contribution in [2.75, 3.05) is 13.2 Å². The van der Waals surface area contributed by atoms with Crippen LogP contribution in [0, 0.1) is 11.6 Å². The number of rotatable bonds is 5. The van der Waals surface area contributed by atoms with Crippen LogP contribution < -0.4 is 5.56 Å². The predicted molar refractivity (Wildman–Crippen MR) is 115 cm³/mol. The molecule has 0 aliphatic carbocycles. The lowest BCUT2D eigenvalue weighted by Crippen LogP contribution is -2.27.